The van der Waals surface area contributed by atoms with Gasteiger partial charge in [-0.05, 0) is 100 Å². The summed E-state index contributed by atoms with van der Waals surface area (Å²) in [6.45, 7) is 0. The Morgan fingerprint density at radius 1 is 0.305 bits per heavy atom. The first-order valence-electron chi connectivity index (χ1n) is 19.2. The minimum Gasteiger partial charge on any atom is -0.455 e. The van der Waals surface area contributed by atoms with Gasteiger partial charge in [0.2, 0.25) is 0 Å². The fourth-order valence-corrected chi connectivity index (χ4v) is 9.29. The second-order valence-electron chi connectivity index (χ2n) is 15.3. The van der Waals surface area contributed by atoms with Crippen molar-refractivity contribution < 1.29 is 4.42 Å². The third-order valence-corrected chi connectivity index (χ3v) is 12.2. The number of benzene rings is 10. The van der Waals surface area contributed by atoms with Crippen LogP contribution >= 0.6 is 0 Å². The summed E-state index contributed by atoms with van der Waals surface area (Å²) in [7, 11) is 54.9. The van der Waals surface area contributed by atoms with Crippen molar-refractivity contribution in [3.8, 4) is 33.4 Å². The Morgan fingerprint density at radius 2 is 0.780 bits per heavy atom. The number of furan rings is 1. The van der Waals surface area contributed by atoms with E-state index in [2.05, 4.69) is 97.1 Å². The first-order valence-corrected chi connectivity index (χ1v) is 19.2. The van der Waals surface area contributed by atoms with E-state index in [0.717, 1.165) is 60.4 Å². The maximum atomic E-state index is 7.05. The zero-order chi connectivity index (χ0) is 40.4. The number of fused-ring (bicyclic) bond motifs is 10. The lowest BCUT2D eigenvalue weighted by molar-refractivity contribution is 0.672. The summed E-state index contributed by atoms with van der Waals surface area (Å²) in [4.78, 5) is 0. The Kier molecular flexibility index (Phi) is 8.02. The van der Waals surface area contributed by atoms with Gasteiger partial charge in [-0.1, -0.05) is 137 Å². The molecule has 16 radical (unpaired) electrons. The van der Waals surface area contributed by atoms with Crippen LogP contribution in [0.4, 0.5) is 0 Å². The van der Waals surface area contributed by atoms with Crippen LogP contribution in [-0.4, -0.2) is 62.8 Å². The molecule has 0 amide bonds. The van der Waals surface area contributed by atoms with Gasteiger partial charge in [-0.25, -0.2) is 0 Å². The van der Waals surface area contributed by atoms with E-state index in [-0.39, 0.29) is 43.7 Å². The van der Waals surface area contributed by atoms with E-state index in [9.17, 15) is 0 Å². The maximum Gasteiger partial charge on any atom is 0.143 e. The molecule has 0 spiro atoms. The van der Waals surface area contributed by atoms with Crippen LogP contribution in [0.2, 0.25) is 0 Å². The molecule has 0 aliphatic heterocycles. The first kappa shape index (κ1) is 35.9. The highest BCUT2D eigenvalue weighted by Gasteiger charge is 2.25. The summed E-state index contributed by atoms with van der Waals surface area (Å²) < 4.78 is 6.49. The summed E-state index contributed by atoms with van der Waals surface area (Å²) in [5, 5.41) is 10.9. The van der Waals surface area contributed by atoms with E-state index in [4.69, 9.17) is 67.2 Å². The van der Waals surface area contributed by atoms with Crippen molar-refractivity contribution in [2.75, 3.05) is 0 Å². The van der Waals surface area contributed by atoms with Crippen LogP contribution in [0.1, 0.15) is 0 Å². The zero-order valence-corrected chi connectivity index (χ0v) is 31.7. The van der Waals surface area contributed by atoms with Gasteiger partial charge in [0.25, 0.3) is 0 Å². The molecule has 0 aliphatic rings. The van der Waals surface area contributed by atoms with Crippen molar-refractivity contribution in [1.29, 1.82) is 0 Å². The van der Waals surface area contributed by atoms with Crippen molar-refractivity contribution >= 4 is 182 Å². The molecule has 0 bridgehead atoms. The second-order valence-corrected chi connectivity index (χ2v) is 15.3. The highest BCUT2D eigenvalue weighted by molar-refractivity contribution is 6.71. The van der Waals surface area contributed by atoms with E-state index in [0.29, 0.717) is 32.7 Å². The highest BCUT2D eigenvalue weighted by Crippen LogP contribution is 2.43. The summed E-state index contributed by atoms with van der Waals surface area (Å²) in [6.07, 6.45) is 0. The molecule has 9 heteroatoms. The maximum absolute atomic E-state index is 7.05. The standard InChI is InChI=1S/C50H22B8O/c51-42-38-36(26-14-12-25(13-15-26)29-10-5-11-31-28-8-3-1-6-23(28)16-19-32(29)31)39-41(45(54)49(58)47(56)43(39)52)37(40(38)44(53)48(57)46(42)55)27-18-21-35-34(22-27)33-20-17-24-7-2-4-9-30(24)50(33)59-35/h1-22H. The third kappa shape index (κ3) is 5.10. The number of hydrogen-bond acceptors (Lipinski definition) is 1. The lowest BCUT2D eigenvalue weighted by atomic mass is 9.59. The van der Waals surface area contributed by atoms with E-state index < -0.39 is 0 Å². The zero-order valence-electron chi connectivity index (χ0n) is 31.7. The predicted molar refractivity (Wildman–Crippen MR) is 261 cm³/mol. The van der Waals surface area contributed by atoms with Crippen molar-refractivity contribution in [1.82, 2.24) is 0 Å². The Balaban J connectivity index is 1.22. The lowest BCUT2D eigenvalue weighted by Gasteiger charge is -2.28. The molecular weight excluding hydrogens is 703 g/mol. The molecule has 59 heavy (non-hydrogen) atoms. The summed E-state index contributed by atoms with van der Waals surface area (Å²) in [5.41, 5.74) is 8.16. The Bertz CT molecular complexity index is 3560. The quantitative estimate of drug-likeness (QED) is 0.146. The van der Waals surface area contributed by atoms with Gasteiger partial charge < -0.3 is 4.42 Å². The van der Waals surface area contributed by atoms with Crippen molar-refractivity contribution in [2.24, 2.45) is 0 Å². The van der Waals surface area contributed by atoms with Crippen molar-refractivity contribution in [3.63, 3.8) is 0 Å². The molecule has 0 aliphatic carbocycles. The molecule has 0 atom stereocenters. The molecule has 1 heterocycles. The van der Waals surface area contributed by atoms with Crippen LogP contribution in [0.25, 0.3) is 109 Å². The van der Waals surface area contributed by atoms with Crippen LogP contribution in [0.15, 0.2) is 138 Å². The Hall–Kier alpha value is -6.18. The van der Waals surface area contributed by atoms with Gasteiger partial charge in [-0.3, -0.25) is 0 Å². The first-order chi connectivity index (χ1) is 28.6. The van der Waals surface area contributed by atoms with E-state index >= 15 is 0 Å². The summed E-state index contributed by atoms with van der Waals surface area (Å²) in [5.74, 6) is 0. The fourth-order valence-electron chi connectivity index (χ4n) is 9.29. The molecule has 0 saturated carbocycles. The Morgan fingerprint density at radius 3 is 1.39 bits per heavy atom. The molecule has 0 saturated heterocycles. The Labute approximate surface area is 351 Å². The molecular formula is C50H22B8O. The molecule has 0 N–H and O–H groups in total. The average molecular weight is 725 g/mol. The molecule has 10 aromatic carbocycles. The minimum absolute atomic E-state index is 0.164. The smallest absolute Gasteiger partial charge is 0.143 e. The van der Waals surface area contributed by atoms with E-state index in [1.165, 1.54) is 16.2 Å². The third-order valence-electron chi connectivity index (χ3n) is 12.2. The fraction of sp³-hybridized carbons (Fsp3) is 0. The van der Waals surface area contributed by atoms with Crippen LogP contribution in [0.5, 0.6) is 0 Å². The largest absolute Gasteiger partial charge is 0.455 e. The van der Waals surface area contributed by atoms with Gasteiger partial charge in [0.1, 0.15) is 73.9 Å². The van der Waals surface area contributed by atoms with Gasteiger partial charge in [0.05, 0.1) is 0 Å². The van der Waals surface area contributed by atoms with Crippen LogP contribution in [-0.2, 0) is 0 Å². The minimum atomic E-state index is 0.164. The molecule has 11 aromatic rings. The topological polar surface area (TPSA) is 13.1 Å². The van der Waals surface area contributed by atoms with Gasteiger partial charge in [-0.2, -0.15) is 0 Å². The summed E-state index contributed by atoms with van der Waals surface area (Å²) >= 11 is 0. The number of rotatable bonds is 3. The monoisotopic (exact) mass is 726 g/mol. The molecule has 0 unspecified atom stereocenters. The van der Waals surface area contributed by atoms with Crippen LogP contribution < -0.4 is 43.7 Å². The lowest BCUT2D eigenvalue weighted by Crippen LogP contribution is -2.50. The molecule has 11 rings (SSSR count). The van der Waals surface area contributed by atoms with Crippen molar-refractivity contribution in [3.05, 3.63) is 133 Å². The SMILES string of the molecule is [B]c1c([B])c([B])c2c(-c3ccc4oc5c6ccccc6ccc5c4c3)c3c([B])c([B])c([B])c([B])c3c(-c3ccc(-c4cccc5c4ccc4ccccc45)cc3)c2c1[B]. The number of hydrogen-bond donors (Lipinski definition) is 0. The van der Waals surface area contributed by atoms with E-state index in [1.54, 1.807) is 0 Å². The molecule has 1 nitrogen and oxygen atoms in total. The second kappa shape index (κ2) is 13.2. The van der Waals surface area contributed by atoms with E-state index in [1.807, 2.05) is 36.4 Å². The van der Waals surface area contributed by atoms with Gasteiger partial charge in [-0.15, -0.1) is 21.9 Å². The molecule has 252 valence electrons. The molecule has 1 aromatic heterocycles. The normalized spacial score (nSPS) is 11.9. The van der Waals surface area contributed by atoms with Gasteiger partial charge >= 0.3 is 0 Å². The summed E-state index contributed by atoms with van der Waals surface area (Å²) in [6, 6.07) is 45.7. The van der Waals surface area contributed by atoms with Crippen molar-refractivity contribution in [2.45, 2.75) is 0 Å². The highest BCUT2D eigenvalue weighted by atomic mass is 16.3. The van der Waals surface area contributed by atoms with Gasteiger partial charge in [0, 0.05) is 16.2 Å². The van der Waals surface area contributed by atoms with Crippen LogP contribution in [0.3, 0.4) is 0 Å². The predicted octanol–water partition coefficient (Wildman–Crippen LogP) is 4.70. The average Bonchev–Trinajstić information content (AvgIpc) is 3.66. The van der Waals surface area contributed by atoms with Gasteiger partial charge in [0.15, 0.2) is 0 Å². The molecule has 0 fully saturated rings. The van der Waals surface area contributed by atoms with Crippen LogP contribution in [0, 0.1) is 0 Å².